The van der Waals surface area contributed by atoms with Crippen LogP contribution < -0.4 is 14.8 Å². The molecular formula is C23H23Cl2N3O5. The van der Waals surface area contributed by atoms with Crippen molar-refractivity contribution in [3.05, 3.63) is 75.0 Å². The Bertz CT molecular complexity index is 1160. The molecule has 33 heavy (non-hydrogen) atoms. The third-order valence-electron chi connectivity index (χ3n) is 4.82. The number of rotatable bonds is 9. The van der Waals surface area contributed by atoms with Crippen molar-refractivity contribution in [3.8, 4) is 11.5 Å². The van der Waals surface area contributed by atoms with Gasteiger partial charge in [0.1, 0.15) is 10.7 Å². The van der Waals surface area contributed by atoms with Gasteiger partial charge in [-0.1, -0.05) is 47.5 Å². The van der Waals surface area contributed by atoms with Crippen molar-refractivity contribution in [1.29, 1.82) is 0 Å². The number of aromatic nitrogens is 2. The third kappa shape index (κ3) is 5.97. The molecule has 1 amide bonds. The molecule has 0 spiro atoms. The van der Waals surface area contributed by atoms with Crippen molar-refractivity contribution < 1.29 is 23.8 Å². The Morgan fingerprint density at radius 2 is 1.79 bits per heavy atom. The van der Waals surface area contributed by atoms with Gasteiger partial charge in [-0.05, 0) is 36.2 Å². The SMILES string of the molecule is COc1ccc(CNC(=O)COC(=O)c2c(C)nn(Cc3ccccc3Cl)c2Cl)cc1OC. The van der Waals surface area contributed by atoms with Crippen LogP contribution in [0.15, 0.2) is 42.5 Å². The van der Waals surface area contributed by atoms with E-state index in [-0.39, 0.29) is 17.3 Å². The molecule has 3 rings (SSSR count). The number of halogens is 2. The Morgan fingerprint density at radius 3 is 2.48 bits per heavy atom. The van der Waals surface area contributed by atoms with Gasteiger partial charge < -0.3 is 19.5 Å². The van der Waals surface area contributed by atoms with Gasteiger partial charge in [0, 0.05) is 11.6 Å². The van der Waals surface area contributed by atoms with Crippen LogP contribution >= 0.6 is 23.2 Å². The lowest BCUT2D eigenvalue weighted by molar-refractivity contribution is -0.124. The minimum atomic E-state index is -0.732. The second-order valence-electron chi connectivity index (χ2n) is 7.04. The van der Waals surface area contributed by atoms with E-state index in [1.807, 2.05) is 18.2 Å². The fourth-order valence-electron chi connectivity index (χ4n) is 3.12. The predicted molar refractivity (Wildman–Crippen MR) is 124 cm³/mol. The molecular weight excluding hydrogens is 469 g/mol. The summed E-state index contributed by atoms with van der Waals surface area (Å²) >= 11 is 12.6. The van der Waals surface area contributed by atoms with Gasteiger partial charge in [-0.25, -0.2) is 9.48 Å². The molecule has 3 aromatic rings. The lowest BCUT2D eigenvalue weighted by atomic mass is 10.2. The van der Waals surface area contributed by atoms with E-state index in [4.69, 9.17) is 37.4 Å². The van der Waals surface area contributed by atoms with E-state index in [9.17, 15) is 9.59 Å². The molecule has 0 unspecified atom stereocenters. The zero-order chi connectivity index (χ0) is 24.0. The molecule has 1 N–H and O–H groups in total. The Morgan fingerprint density at radius 1 is 1.06 bits per heavy atom. The number of esters is 1. The molecule has 1 aromatic heterocycles. The van der Waals surface area contributed by atoms with Crippen LogP contribution in [0, 0.1) is 6.92 Å². The summed E-state index contributed by atoms with van der Waals surface area (Å²) in [6, 6.07) is 12.6. The lowest BCUT2D eigenvalue weighted by Crippen LogP contribution is -2.28. The molecule has 0 bridgehead atoms. The van der Waals surface area contributed by atoms with Crippen LogP contribution in [0.3, 0.4) is 0 Å². The van der Waals surface area contributed by atoms with Gasteiger partial charge in [-0.15, -0.1) is 0 Å². The van der Waals surface area contributed by atoms with Gasteiger partial charge >= 0.3 is 5.97 Å². The summed E-state index contributed by atoms with van der Waals surface area (Å²) in [6.45, 7) is 1.70. The maximum absolute atomic E-state index is 12.6. The molecule has 0 aliphatic heterocycles. The number of amides is 1. The smallest absolute Gasteiger partial charge is 0.343 e. The van der Waals surface area contributed by atoms with Gasteiger partial charge in [0.25, 0.3) is 5.91 Å². The minimum Gasteiger partial charge on any atom is -0.493 e. The number of nitrogens with one attached hydrogen (secondary N) is 1. The normalized spacial score (nSPS) is 10.6. The molecule has 0 aliphatic carbocycles. The van der Waals surface area contributed by atoms with E-state index in [1.54, 1.807) is 38.3 Å². The first-order chi connectivity index (χ1) is 15.8. The summed E-state index contributed by atoms with van der Waals surface area (Å²) in [5.41, 5.74) is 2.10. The highest BCUT2D eigenvalue weighted by Crippen LogP contribution is 2.27. The summed E-state index contributed by atoms with van der Waals surface area (Å²) in [4.78, 5) is 24.7. The second kappa shape index (κ2) is 11.1. The van der Waals surface area contributed by atoms with Crippen LogP contribution in [0.1, 0.15) is 27.2 Å². The Hall–Kier alpha value is -3.23. The van der Waals surface area contributed by atoms with Gasteiger partial charge in [0.05, 0.1) is 26.5 Å². The maximum Gasteiger partial charge on any atom is 0.343 e. The molecule has 10 heteroatoms. The van der Waals surface area contributed by atoms with Crippen molar-refractivity contribution in [1.82, 2.24) is 15.1 Å². The van der Waals surface area contributed by atoms with E-state index in [2.05, 4.69) is 10.4 Å². The van der Waals surface area contributed by atoms with Crippen molar-refractivity contribution in [2.45, 2.75) is 20.0 Å². The van der Waals surface area contributed by atoms with Crippen molar-refractivity contribution in [2.75, 3.05) is 20.8 Å². The number of hydrogen-bond acceptors (Lipinski definition) is 6. The molecule has 0 saturated carbocycles. The molecule has 174 valence electrons. The molecule has 8 nitrogen and oxygen atoms in total. The topological polar surface area (TPSA) is 91.7 Å². The van der Waals surface area contributed by atoms with E-state index in [1.165, 1.54) is 11.8 Å². The quantitative estimate of drug-likeness (QED) is 0.454. The number of hydrogen-bond donors (Lipinski definition) is 1. The highest BCUT2D eigenvalue weighted by molar-refractivity contribution is 6.33. The highest BCUT2D eigenvalue weighted by Gasteiger charge is 2.23. The monoisotopic (exact) mass is 491 g/mol. The highest BCUT2D eigenvalue weighted by atomic mass is 35.5. The van der Waals surface area contributed by atoms with Crippen LogP contribution in [0.4, 0.5) is 0 Å². The van der Waals surface area contributed by atoms with Crippen LogP contribution in [0.2, 0.25) is 10.2 Å². The molecule has 0 radical (unpaired) electrons. The average Bonchev–Trinajstić information content (AvgIpc) is 3.09. The lowest BCUT2D eigenvalue weighted by Gasteiger charge is -2.10. The first-order valence-corrected chi connectivity index (χ1v) is 10.7. The first kappa shape index (κ1) is 24.4. The molecule has 0 fully saturated rings. The van der Waals surface area contributed by atoms with Crippen LogP contribution in [0.25, 0.3) is 0 Å². The zero-order valence-electron chi connectivity index (χ0n) is 18.4. The summed E-state index contributed by atoms with van der Waals surface area (Å²) < 4.78 is 17.0. The second-order valence-corrected chi connectivity index (χ2v) is 7.81. The van der Waals surface area contributed by atoms with Gasteiger partial charge in [0.2, 0.25) is 0 Å². The molecule has 0 aliphatic rings. The molecule has 2 aromatic carbocycles. The van der Waals surface area contributed by atoms with Gasteiger partial charge in [-0.3, -0.25) is 4.79 Å². The summed E-state index contributed by atoms with van der Waals surface area (Å²) in [6.07, 6.45) is 0. The van der Waals surface area contributed by atoms with Crippen LogP contribution in [0.5, 0.6) is 11.5 Å². The number of carbonyl (C=O) groups is 2. The van der Waals surface area contributed by atoms with Crippen molar-refractivity contribution in [3.63, 3.8) is 0 Å². The van der Waals surface area contributed by atoms with E-state index >= 15 is 0 Å². The number of aryl methyl sites for hydroxylation is 1. The molecule has 0 saturated heterocycles. The largest absolute Gasteiger partial charge is 0.493 e. The maximum atomic E-state index is 12.6. The zero-order valence-corrected chi connectivity index (χ0v) is 19.9. The predicted octanol–water partition coefficient (Wildman–Crippen LogP) is 4.04. The van der Waals surface area contributed by atoms with Crippen molar-refractivity contribution in [2.24, 2.45) is 0 Å². The standard InChI is InChI=1S/C23H23Cl2N3O5/c1-14-21(22(25)28(27-14)12-16-6-4-5-7-17(16)24)23(30)33-13-20(29)26-11-15-8-9-18(31-2)19(10-15)32-3/h4-10H,11-13H2,1-3H3,(H,26,29). The number of benzene rings is 2. The van der Waals surface area contributed by atoms with Crippen LogP contribution in [-0.4, -0.2) is 42.5 Å². The number of nitrogens with zero attached hydrogens (tertiary/aromatic N) is 2. The minimum absolute atomic E-state index is 0.108. The molecule has 0 atom stereocenters. The summed E-state index contributed by atoms with van der Waals surface area (Å²) in [5, 5.41) is 7.67. The molecule has 1 heterocycles. The average molecular weight is 492 g/mol. The summed E-state index contributed by atoms with van der Waals surface area (Å²) in [7, 11) is 3.07. The van der Waals surface area contributed by atoms with E-state index < -0.39 is 18.5 Å². The fraction of sp³-hybridized carbons (Fsp3) is 0.261. The number of carbonyl (C=O) groups excluding carboxylic acids is 2. The van der Waals surface area contributed by atoms with Gasteiger partial charge in [0.15, 0.2) is 18.1 Å². The Balaban J connectivity index is 1.58. The van der Waals surface area contributed by atoms with E-state index in [0.29, 0.717) is 28.8 Å². The van der Waals surface area contributed by atoms with Gasteiger partial charge in [-0.2, -0.15) is 5.10 Å². The summed E-state index contributed by atoms with van der Waals surface area (Å²) in [5.74, 6) is -0.0574. The van der Waals surface area contributed by atoms with E-state index in [0.717, 1.165) is 11.1 Å². The number of ether oxygens (including phenoxy) is 3. The fourth-order valence-corrected chi connectivity index (χ4v) is 3.63. The van der Waals surface area contributed by atoms with Crippen LogP contribution in [-0.2, 0) is 22.6 Å². The number of methoxy groups -OCH3 is 2. The third-order valence-corrected chi connectivity index (χ3v) is 5.57. The van der Waals surface area contributed by atoms with Crippen molar-refractivity contribution >= 4 is 35.1 Å². The Labute approximate surface area is 201 Å². The first-order valence-electron chi connectivity index (χ1n) is 9.95. The Kier molecular flexibility index (Phi) is 8.19.